The lowest BCUT2D eigenvalue weighted by molar-refractivity contribution is -0.131. The molecule has 1 aromatic carbocycles. The summed E-state index contributed by atoms with van der Waals surface area (Å²) in [6.07, 6.45) is 5.88. The number of carboxylic acid groups (broad SMARTS) is 1. The third-order valence-corrected chi connectivity index (χ3v) is 1.85. The van der Waals surface area contributed by atoms with E-state index >= 15 is 0 Å². The van der Waals surface area contributed by atoms with E-state index in [-0.39, 0.29) is 6.61 Å². The van der Waals surface area contributed by atoms with E-state index < -0.39 is 5.97 Å². The molecule has 0 saturated heterocycles. The van der Waals surface area contributed by atoms with Gasteiger partial charge in [0, 0.05) is 6.08 Å². The van der Waals surface area contributed by atoms with Gasteiger partial charge in [0.2, 0.25) is 0 Å². The van der Waals surface area contributed by atoms with Crippen LogP contribution < -0.4 is 0 Å². The molecule has 0 fully saturated rings. The number of allylic oxidation sites excluding steroid dienone is 2. The molecule has 15 heavy (non-hydrogen) atoms. The minimum atomic E-state index is -0.977. The van der Waals surface area contributed by atoms with Gasteiger partial charge in [-0.25, -0.2) is 4.79 Å². The van der Waals surface area contributed by atoms with Gasteiger partial charge in [0.05, 0.1) is 6.61 Å². The van der Waals surface area contributed by atoms with Crippen LogP contribution in [0.15, 0.2) is 42.5 Å². The van der Waals surface area contributed by atoms with Crippen LogP contribution in [0.25, 0.3) is 6.08 Å². The van der Waals surface area contributed by atoms with Gasteiger partial charge in [-0.1, -0.05) is 42.5 Å². The number of carbonyl (C=O) groups is 1. The van der Waals surface area contributed by atoms with Crippen molar-refractivity contribution in [3.63, 3.8) is 0 Å². The molecule has 0 aliphatic rings. The number of aliphatic hydroxyl groups excluding tert-OH is 1. The molecule has 78 valence electrons. The minimum absolute atomic E-state index is 0.0246. The van der Waals surface area contributed by atoms with Gasteiger partial charge in [0.1, 0.15) is 0 Å². The van der Waals surface area contributed by atoms with Gasteiger partial charge in [-0.2, -0.15) is 0 Å². The lowest BCUT2D eigenvalue weighted by atomic mass is 10.1. The minimum Gasteiger partial charge on any atom is -0.478 e. The molecule has 0 aliphatic carbocycles. The molecule has 2 N–H and O–H groups in total. The fourth-order valence-electron chi connectivity index (χ4n) is 1.14. The Balaban J connectivity index is 2.75. The van der Waals surface area contributed by atoms with Crippen molar-refractivity contribution in [3.8, 4) is 0 Å². The number of benzene rings is 1. The molecule has 0 spiro atoms. The van der Waals surface area contributed by atoms with E-state index in [4.69, 9.17) is 10.2 Å². The average molecular weight is 204 g/mol. The molecule has 0 radical (unpaired) electrons. The van der Waals surface area contributed by atoms with E-state index in [0.29, 0.717) is 0 Å². The summed E-state index contributed by atoms with van der Waals surface area (Å²) in [6.45, 7) is -0.0246. The highest BCUT2D eigenvalue weighted by atomic mass is 16.4. The van der Waals surface area contributed by atoms with Crippen molar-refractivity contribution >= 4 is 12.0 Å². The monoisotopic (exact) mass is 204 g/mol. The Morgan fingerprint density at radius 2 is 2.00 bits per heavy atom. The van der Waals surface area contributed by atoms with E-state index in [1.807, 2.05) is 24.3 Å². The summed E-state index contributed by atoms with van der Waals surface area (Å²) in [6, 6.07) is 7.38. The summed E-state index contributed by atoms with van der Waals surface area (Å²) in [5.74, 6) is -0.977. The standard InChI is InChI=1S/C12H12O3/c13-9-11-7-2-1-5-10(11)6-3-4-8-12(14)15/h1-8,13H,9H2,(H,14,15)/b6-3+,8-4+. The number of aliphatic hydroxyl groups is 1. The average Bonchev–Trinajstić information content (AvgIpc) is 2.24. The zero-order valence-electron chi connectivity index (χ0n) is 8.13. The zero-order chi connectivity index (χ0) is 11.1. The first-order valence-electron chi connectivity index (χ1n) is 4.50. The highest BCUT2D eigenvalue weighted by molar-refractivity contribution is 5.80. The molecule has 0 bridgehead atoms. The Bertz CT molecular complexity index is 392. The van der Waals surface area contributed by atoms with Gasteiger partial charge in [-0.15, -0.1) is 0 Å². The van der Waals surface area contributed by atoms with Crippen molar-refractivity contribution in [2.75, 3.05) is 0 Å². The van der Waals surface area contributed by atoms with Crippen molar-refractivity contribution in [1.29, 1.82) is 0 Å². The molecular formula is C12H12O3. The predicted molar refractivity (Wildman–Crippen MR) is 58.2 cm³/mol. The van der Waals surface area contributed by atoms with E-state index in [0.717, 1.165) is 17.2 Å². The molecule has 0 saturated carbocycles. The van der Waals surface area contributed by atoms with E-state index in [9.17, 15) is 4.79 Å². The van der Waals surface area contributed by atoms with Gasteiger partial charge in [-0.3, -0.25) is 0 Å². The third-order valence-electron chi connectivity index (χ3n) is 1.85. The van der Waals surface area contributed by atoms with Crippen molar-refractivity contribution in [2.45, 2.75) is 6.61 Å². The van der Waals surface area contributed by atoms with Crippen LogP contribution in [-0.4, -0.2) is 16.2 Å². The summed E-state index contributed by atoms with van der Waals surface area (Å²) < 4.78 is 0. The largest absolute Gasteiger partial charge is 0.478 e. The van der Waals surface area contributed by atoms with Gasteiger partial charge in [-0.05, 0) is 11.1 Å². The van der Waals surface area contributed by atoms with Crippen LogP contribution in [0.5, 0.6) is 0 Å². The first kappa shape index (κ1) is 11.2. The van der Waals surface area contributed by atoms with Crippen LogP contribution in [0.3, 0.4) is 0 Å². The quantitative estimate of drug-likeness (QED) is 0.581. The van der Waals surface area contributed by atoms with Crippen LogP contribution in [0, 0.1) is 0 Å². The SMILES string of the molecule is O=C(O)/C=C/C=C/c1ccccc1CO. The van der Waals surface area contributed by atoms with E-state index in [1.165, 1.54) is 6.08 Å². The van der Waals surface area contributed by atoms with Crippen LogP contribution in [0.4, 0.5) is 0 Å². The van der Waals surface area contributed by atoms with E-state index in [2.05, 4.69) is 0 Å². The lowest BCUT2D eigenvalue weighted by Crippen LogP contribution is -1.87. The second-order valence-electron chi connectivity index (χ2n) is 2.91. The summed E-state index contributed by atoms with van der Waals surface area (Å²) in [4.78, 5) is 10.2. The topological polar surface area (TPSA) is 57.5 Å². The van der Waals surface area contributed by atoms with Gasteiger partial charge in [0.15, 0.2) is 0 Å². The Kier molecular flexibility index (Phi) is 4.31. The molecule has 0 heterocycles. The Labute approximate surface area is 88.0 Å². The summed E-state index contributed by atoms with van der Waals surface area (Å²) in [5, 5.41) is 17.4. The molecule has 0 unspecified atom stereocenters. The zero-order valence-corrected chi connectivity index (χ0v) is 8.13. The summed E-state index contributed by atoms with van der Waals surface area (Å²) in [7, 11) is 0. The summed E-state index contributed by atoms with van der Waals surface area (Å²) >= 11 is 0. The highest BCUT2D eigenvalue weighted by Gasteiger charge is 1.94. The fraction of sp³-hybridized carbons (Fsp3) is 0.0833. The Morgan fingerprint density at radius 3 is 2.67 bits per heavy atom. The molecule has 0 aromatic heterocycles. The second-order valence-corrected chi connectivity index (χ2v) is 2.91. The Hall–Kier alpha value is -1.87. The van der Waals surface area contributed by atoms with Crippen LogP contribution in [0.2, 0.25) is 0 Å². The number of hydrogen-bond donors (Lipinski definition) is 2. The smallest absolute Gasteiger partial charge is 0.328 e. The van der Waals surface area contributed by atoms with Gasteiger partial charge < -0.3 is 10.2 Å². The number of rotatable bonds is 4. The molecule has 3 nitrogen and oxygen atoms in total. The van der Waals surface area contributed by atoms with Crippen LogP contribution in [0.1, 0.15) is 11.1 Å². The van der Waals surface area contributed by atoms with Crippen molar-refractivity contribution in [3.05, 3.63) is 53.6 Å². The van der Waals surface area contributed by atoms with Gasteiger partial charge >= 0.3 is 5.97 Å². The molecule has 1 aromatic rings. The molecule has 1 rings (SSSR count). The third kappa shape index (κ3) is 3.79. The highest BCUT2D eigenvalue weighted by Crippen LogP contribution is 2.10. The second kappa shape index (κ2) is 5.78. The van der Waals surface area contributed by atoms with Gasteiger partial charge in [0.25, 0.3) is 0 Å². The fourth-order valence-corrected chi connectivity index (χ4v) is 1.14. The van der Waals surface area contributed by atoms with Crippen molar-refractivity contribution < 1.29 is 15.0 Å². The molecule has 0 amide bonds. The van der Waals surface area contributed by atoms with E-state index in [1.54, 1.807) is 12.2 Å². The Morgan fingerprint density at radius 1 is 1.27 bits per heavy atom. The molecular weight excluding hydrogens is 192 g/mol. The molecule has 0 atom stereocenters. The lowest BCUT2D eigenvalue weighted by Gasteiger charge is -2.00. The maximum absolute atomic E-state index is 10.2. The first-order valence-corrected chi connectivity index (χ1v) is 4.50. The normalized spacial score (nSPS) is 11.3. The van der Waals surface area contributed by atoms with Crippen molar-refractivity contribution in [1.82, 2.24) is 0 Å². The van der Waals surface area contributed by atoms with Crippen molar-refractivity contribution in [2.24, 2.45) is 0 Å². The number of hydrogen-bond acceptors (Lipinski definition) is 2. The van der Waals surface area contributed by atoms with Crippen LogP contribution >= 0.6 is 0 Å². The number of aliphatic carboxylic acids is 1. The predicted octanol–water partition coefficient (Wildman–Crippen LogP) is 1.83. The maximum Gasteiger partial charge on any atom is 0.328 e. The first-order chi connectivity index (χ1) is 7.24. The molecule has 0 aliphatic heterocycles. The van der Waals surface area contributed by atoms with Crippen LogP contribution in [-0.2, 0) is 11.4 Å². The molecule has 3 heteroatoms. The maximum atomic E-state index is 10.2. The number of carboxylic acids is 1. The summed E-state index contributed by atoms with van der Waals surface area (Å²) in [5.41, 5.74) is 1.70.